The molecule has 0 aliphatic rings. The van der Waals surface area contributed by atoms with E-state index in [2.05, 4.69) is 0 Å². The van der Waals surface area contributed by atoms with Gasteiger partial charge >= 0.3 is 5.97 Å². The lowest BCUT2D eigenvalue weighted by Gasteiger charge is -2.25. The number of nitrogens with two attached hydrogens (primary N) is 1. The summed E-state index contributed by atoms with van der Waals surface area (Å²) in [4.78, 5) is 13.0. The number of benzene rings is 3. The van der Waals surface area contributed by atoms with Gasteiger partial charge in [0.2, 0.25) is 0 Å². The third kappa shape index (κ3) is 8.85. The molecular formula is C26H29Cl2NO4S. The molecule has 0 heterocycles. The zero-order valence-corrected chi connectivity index (χ0v) is 21.0. The lowest BCUT2D eigenvalue weighted by atomic mass is 9.90. The van der Waals surface area contributed by atoms with Crippen LogP contribution in [0.5, 0.6) is 5.75 Å². The van der Waals surface area contributed by atoms with E-state index in [4.69, 9.17) is 27.2 Å². The summed E-state index contributed by atoms with van der Waals surface area (Å²) in [6.07, 6.45) is 1.43. The molecule has 0 saturated carbocycles. The molecule has 0 aliphatic carbocycles. The fraction of sp³-hybridized carbons (Fsp3) is 0.269. The Morgan fingerprint density at radius 1 is 1.03 bits per heavy atom. The zero-order valence-electron chi connectivity index (χ0n) is 18.7. The van der Waals surface area contributed by atoms with Crippen LogP contribution in [-0.4, -0.2) is 28.3 Å². The second-order valence-corrected chi connectivity index (χ2v) is 9.60. The SMILES string of the molecule is Cl.NC(CO)(CCCc1ccc(Sc2cccc(OCc3ccccc3)c2)cc1Cl)CC(=O)O. The van der Waals surface area contributed by atoms with E-state index >= 15 is 0 Å². The van der Waals surface area contributed by atoms with Crippen molar-refractivity contribution >= 4 is 41.7 Å². The highest BCUT2D eigenvalue weighted by Gasteiger charge is 2.27. The number of carboxylic acids is 1. The van der Waals surface area contributed by atoms with Gasteiger partial charge in [0.1, 0.15) is 12.4 Å². The van der Waals surface area contributed by atoms with Gasteiger partial charge in [-0.1, -0.05) is 65.8 Å². The maximum atomic E-state index is 10.9. The molecule has 0 radical (unpaired) electrons. The summed E-state index contributed by atoms with van der Waals surface area (Å²) < 4.78 is 5.91. The second-order valence-electron chi connectivity index (χ2n) is 8.05. The van der Waals surface area contributed by atoms with Gasteiger partial charge in [0, 0.05) is 20.4 Å². The van der Waals surface area contributed by atoms with Crippen molar-refractivity contribution in [1.29, 1.82) is 0 Å². The van der Waals surface area contributed by atoms with E-state index in [9.17, 15) is 9.90 Å². The van der Waals surface area contributed by atoms with E-state index in [1.807, 2.05) is 72.8 Å². The maximum absolute atomic E-state index is 10.9. The normalized spacial score (nSPS) is 12.4. The number of carbonyl (C=O) groups is 1. The Bertz CT molecular complexity index is 1070. The molecule has 182 valence electrons. The molecular weight excluding hydrogens is 493 g/mol. The minimum absolute atomic E-state index is 0. The lowest BCUT2D eigenvalue weighted by Crippen LogP contribution is -2.45. The summed E-state index contributed by atoms with van der Waals surface area (Å²) in [5.41, 5.74) is 6.98. The van der Waals surface area contributed by atoms with Crippen LogP contribution in [0.4, 0.5) is 0 Å². The number of carboxylic acid groups (broad SMARTS) is 1. The molecule has 3 aromatic rings. The van der Waals surface area contributed by atoms with Crippen molar-refractivity contribution in [2.45, 2.75) is 47.6 Å². The Hall–Kier alpha value is -2.22. The number of rotatable bonds is 12. The van der Waals surface area contributed by atoms with Crippen molar-refractivity contribution in [3.8, 4) is 5.75 Å². The molecule has 0 spiro atoms. The maximum Gasteiger partial charge on any atom is 0.305 e. The molecule has 0 aromatic heterocycles. The number of aliphatic hydroxyl groups excluding tert-OH is 1. The van der Waals surface area contributed by atoms with Gasteiger partial charge in [0.15, 0.2) is 0 Å². The van der Waals surface area contributed by atoms with Crippen LogP contribution in [0, 0.1) is 0 Å². The van der Waals surface area contributed by atoms with E-state index in [1.54, 1.807) is 11.8 Å². The highest BCUT2D eigenvalue weighted by Crippen LogP contribution is 2.33. The van der Waals surface area contributed by atoms with Gasteiger partial charge in [-0.05, 0) is 60.7 Å². The predicted octanol–water partition coefficient (Wildman–Crippen LogP) is 5.98. The Kier molecular flexibility index (Phi) is 11.2. The van der Waals surface area contributed by atoms with Crippen LogP contribution >= 0.6 is 35.8 Å². The number of halogens is 2. The number of aliphatic carboxylic acids is 1. The van der Waals surface area contributed by atoms with Crippen LogP contribution < -0.4 is 10.5 Å². The quantitative estimate of drug-likeness (QED) is 0.271. The monoisotopic (exact) mass is 521 g/mol. The van der Waals surface area contributed by atoms with E-state index < -0.39 is 11.5 Å². The van der Waals surface area contributed by atoms with Crippen LogP contribution in [0.3, 0.4) is 0 Å². The topological polar surface area (TPSA) is 92.8 Å². The Morgan fingerprint density at radius 2 is 1.76 bits per heavy atom. The van der Waals surface area contributed by atoms with Crippen molar-refractivity contribution < 1.29 is 19.7 Å². The highest BCUT2D eigenvalue weighted by atomic mass is 35.5. The van der Waals surface area contributed by atoms with E-state index in [0.717, 1.165) is 26.7 Å². The third-order valence-electron chi connectivity index (χ3n) is 5.25. The Morgan fingerprint density at radius 3 is 2.44 bits per heavy atom. The fourth-order valence-electron chi connectivity index (χ4n) is 3.45. The molecule has 8 heteroatoms. The van der Waals surface area contributed by atoms with Crippen LogP contribution in [0.1, 0.15) is 30.4 Å². The molecule has 34 heavy (non-hydrogen) atoms. The van der Waals surface area contributed by atoms with Crippen LogP contribution in [-0.2, 0) is 17.8 Å². The molecule has 5 nitrogen and oxygen atoms in total. The molecule has 3 rings (SSSR count). The van der Waals surface area contributed by atoms with Crippen LogP contribution in [0.15, 0.2) is 82.6 Å². The van der Waals surface area contributed by atoms with Gasteiger partial charge in [-0.25, -0.2) is 0 Å². The summed E-state index contributed by atoms with van der Waals surface area (Å²) in [6, 6.07) is 23.9. The Labute approximate surface area is 215 Å². The van der Waals surface area contributed by atoms with E-state index in [0.29, 0.717) is 30.9 Å². The first kappa shape index (κ1) is 28.0. The first-order chi connectivity index (χ1) is 15.9. The molecule has 4 N–H and O–H groups in total. The summed E-state index contributed by atoms with van der Waals surface area (Å²) in [5.74, 6) is -0.206. The molecule has 1 unspecified atom stereocenters. The molecule has 0 bridgehead atoms. The van der Waals surface area contributed by atoms with Crippen molar-refractivity contribution in [3.63, 3.8) is 0 Å². The van der Waals surface area contributed by atoms with Gasteiger partial charge < -0.3 is 20.7 Å². The molecule has 0 aliphatic heterocycles. The minimum Gasteiger partial charge on any atom is -0.489 e. The van der Waals surface area contributed by atoms with Gasteiger partial charge in [0.05, 0.1) is 13.0 Å². The largest absolute Gasteiger partial charge is 0.489 e. The minimum atomic E-state index is -1.11. The summed E-state index contributed by atoms with van der Waals surface area (Å²) in [6.45, 7) is 0.152. The first-order valence-corrected chi connectivity index (χ1v) is 11.9. The van der Waals surface area contributed by atoms with Gasteiger partial charge in [-0.3, -0.25) is 4.79 Å². The molecule has 0 amide bonds. The average Bonchev–Trinajstić information content (AvgIpc) is 2.80. The van der Waals surface area contributed by atoms with Gasteiger partial charge in [-0.15, -0.1) is 12.4 Å². The molecule has 0 saturated heterocycles. The fourth-order valence-corrected chi connectivity index (χ4v) is 4.70. The first-order valence-electron chi connectivity index (χ1n) is 10.7. The average molecular weight is 522 g/mol. The summed E-state index contributed by atoms with van der Waals surface area (Å²) in [5, 5.41) is 19.1. The van der Waals surface area contributed by atoms with Crippen molar-refractivity contribution in [2.75, 3.05) is 6.61 Å². The number of hydrogen-bond acceptors (Lipinski definition) is 5. The third-order valence-corrected chi connectivity index (χ3v) is 6.58. The molecule has 3 aromatic carbocycles. The number of aryl methyl sites for hydroxylation is 1. The standard InChI is InChI=1S/C26H28ClNO4S.ClH/c27-24-15-23(12-11-20(24)8-5-13-26(28,18-29)16-25(30)31)33-22-10-4-9-21(14-22)32-17-19-6-2-1-3-7-19;/h1-4,6-7,9-12,14-15,29H,5,8,13,16-18,28H2,(H,30,31);1H. The van der Waals surface area contributed by atoms with Gasteiger partial charge in [-0.2, -0.15) is 0 Å². The summed E-state index contributed by atoms with van der Waals surface area (Å²) in [7, 11) is 0. The number of hydrogen-bond donors (Lipinski definition) is 3. The second kappa shape index (κ2) is 13.6. The van der Waals surface area contributed by atoms with Crippen molar-refractivity contribution in [2.24, 2.45) is 5.73 Å². The van der Waals surface area contributed by atoms with Crippen molar-refractivity contribution in [1.82, 2.24) is 0 Å². The van der Waals surface area contributed by atoms with Crippen molar-refractivity contribution in [3.05, 3.63) is 88.9 Å². The van der Waals surface area contributed by atoms with Gasteiger partial charge in [0.25, 0.3) is 0 Å². The van der Waals surface area contributed by atoms with E-state index in [-0.39, 0.29) is 25.4 Å². The lowest BCUT2D eigenvalue weighted by molar-refractivity contribution is -0.138. The number of aliphatic hydroxyl groups is 1. The zero-order chi connectivity index (χ0) is 23.7. The highest BCUT2D eigenvalue weighted by molar-refractivity contribution is 7.99. The summed E-state index contributed by atoms with van der Waals surface area (Å²) >= 11 is 8.10. The predicted molar refractivity (Wildman–Crippen MR) is 139 cm³/mol. The van der Waals surface area contributed by atoms with E-state index in [1.165, 1.54) is 0 Å². The van der Waals surface area contributed by atoms with Crippen LogP contribution in [0.25, 0.3) is 0 Å². The Balaban J connectivity index is 0.00000408. The number of ether oxygens (including phenoxy) is 1. The molecule has 1 atom stereocenters. The van der Waals surface area contributed by atoms with Crippen LogP contribution in [0.2, 0.25) is 5.02 Å². The smallest absolute Gasteiger partial charge is 0.305 e. The molecule has 0 fully saturated rings.